The lowest BCUT2D eigenvalue weighted by Crippen LogP contribution is -2.36. The summed E-state index contributed by atoms with van der Waals surface area (Å²) in [5.74, 6) is 0.267. The molecule has 0 radical (unpaired) electrons. The van der Waals surface area contributed by atoms with Crippen LogP contribution in [0.25, 0.3) is 0 Å². The number of aromatic nitrogens is 2. The summed E-state index contributed by atoms with van der Waals surface area (Å²) in [6.45, 7) is 0.0617. The van der Waals surface area contributed by atoms with Crippen LogP contribution in [-0.2, 0) is 23.3 Å². The van der Waals surface area contributed by atoms with Crippen molar-refractivity contribution in [2.24, 2.45) is 0 Å². The topological polar surface area (TPSA) is 114 Å². The van der Waals surface area contributed by atoms with Crippen LogP contribution in [0.4, 0.5) is 14.9 Å². The number of carbonyl (C=O) groups is 1. The average molecular weight is 473 g/mol. The van der Waals surface area contributed by atoms with Crippen molar-refractivity contribution in [2.75, 3.05) is 18.8 Å². The summed E-state index contributed by atoms with van der Waals surface area (Å²) in [5, 5.41) is 7.57. The highest BCUT2D eigenvalue weighted by molar-refractivity contribution is 7.90. The number of carbonyl (C=O) groups excluding carboxylic acids is 1. The first-order chi connectivity index (χ1) is 15.7. The van der Waals surface area contributed by atoms with Gasteiger partial charge >= 0.3 is 16.3 Å². The van der Waals surface area contributed by atoms with Crippen LogP contribution < -0.4 is 14.2 Å². The zero-order valence-electron chi connectivity index (χ0n) is 17.7. The highest BCUT2D eigenvalue weighted by Gasteiger charge is 2.27. The number of amides is 1. The molecular formula is C21H20FN5O5S. The molecule has 12 heteroatoms. The van der Waals surface area contributed by atoms with Crippen LogP contribution >= 0.6 is 0 Å². The molecule has 1 N–H and O–H groups in total. The molecule has 33 heavy (non-hydrogen) atoms. The molecule has 1 aliphatic heterocycles. The van der Waals surface area contributed by atoms with Gasteiger partial charge in [0.1, 0.15) is 11.5 Å². The molecule has 0 fully saturated rings. The zero-order valence-corrected chi connectivity index (χ0v) is 18.5. The number of benzene rings is 2. The summed E-state index contributed by atoms with van der Waals surface area (Å²) in [7, 11) is -1.23. The second-order valence-corrected chi connectivity index (χ2v) is 9.21. The monoisotopic (exact) mass is 473 g/mol. The van der Waals surface area contributed by atoms with Gasteiger partial charge in [-0.15, -0.1) is 5.10 Å². The lowest BCUT2D eigenvalue weighted by Gasteiger charge is -2.28. The summed E-state index contributed by atoms with van der Waals surface area (Å²) in [4.78, 5) is 13.9. The number of hydrogen-bond donors (Lipinski definition) is 1. The summed E-state index contributed by atoms with van der Waals surface area (Å²) < 4.78 is 53.1. The summed E-state index contributed by atoms with van der Waals surface area (Å²) in [6.07, 6.45) is 0.851. The van der Waals surface area contributed by atoms with Crippen molar-refractivity contribution in [1.29, 1.82) is 0 Å². The molecule has 10 nitrogen and oxygen atoms in total. The van der Waals surface area contributed by atoms with E-state index in [9.17, 15) is 17.6 Å². The number of anilines is 1. The van der Waals surface area contributed by atoms with Crippen molar-refractivity contribution in [3.63, 3.8) is 0 Å². The van der Waals surface area contributed by atoms with Crippen LogP contribution in [0.15, 0.2) is 54.7 Å². The summed E-state index contributed by atoms with van der Waals surface area (Å²) in [6, 6.07) is 12.6. The van der Waals surface area contributed by atoms with Crippen LogP contribution in [0.3, 0.4) is 0 Å². The molecule has 1 aliphatic rings. The van der Waals surface area contributed by atoms with E-state index in [1.807, 2.05) is 0 Å². The standard InChI is InChI=1S/C21H20FN5O5S/c1-26(2)33(29,30)25-17-6-3-5-15(20(17)22)13-27-12-14-8-9-16(11-18(14)32-21(27)28)31-19-7-4-10-23-24-19/h3-11,25H,12-13H2,1-2H3. The van der Waals surface area contributed by atoms with Gasteiger partial charge in [-0.1, -0.05) is 12.1 Å². The molecule has 1 aromatic heterocycles. The predicted octanol–water partition coefficient (Wildman–Crippen LogP) is 3.14. The van der Waals surface area contributed by atoms with Gasteiger partial charge in [-0.25, -0.2) is 9.18 Å². The van der Waals surface area contributed by atoms with Gasteiger partial charge in [0.05, 0.1) is 18.8 Å². The van der Waals surface area contributed by atoms with E-state index in [-0.39, 0.29) is 24.3 Å². The van der Waals surface area contributed by atoms with E-state index < -0.39 is 22.1 Å². The number of ether oxygens (including phenoxy) is 2. The fraction of sp³-hybridized carbons (Fsp3) is 0.190. The molecule has 4 rings (SSSR count). The maximum absolute atomic E-state index is 15.0. The van der Waals surface area contributed by atoms with Crippen molar-refractivity contribution in [2.45, 2.75) is 13.1 Å². The van der Waals surface area contributed by atoms with Crippen LogP contribution in [0, 0.1) is 5.82 Å². The Bertz CT molecular complexity index is 1290. The Balaban J connectivity index is 1.50. The number of fused-ring (bicyclic) bond motifs is 1. The minimum Gasteiger partial charge on any atom is -0.437 e. The van der Waals surface area contributed by atoms with Crippen molar-refractivity contribution < 1.29 is 27.1 Å². The van der Waals surface area contributed by atoms with Crippen molar-refractivity contribution >= 4 is 22.0 Å². The molecule has 1 amide bonds. The Kier molecular flexibility index (Phi) is 6.11. The SMILES string of the molecule is CN(C)S(=O)(=O)Nc1cccc(CN2Cc3ccc(Oc4cccnn4)cc3OC2=O)c1F. The number of rotatable bonds is 7. The fourth-order valence-corrected chi connectivity index (χ4v) is 3.67. The fourth-order valence-electron chi connectivity index (χ4n) is 3.05. The first-order valence-corrected chi connectivity index (χ1v) is 11.2. The number of hydrogen-bond acceptors (Lipinski definition) is 7. The van der Waals surface area contributed by atoms with Crippen LogP contribution in [0.5, 0.6) is 17.4 Å². The van der Waals surface area contributed by atoms with Crippen molar-refractivity contribution in [1.82, 2.24) is 19.4 Å². The molecular weight excluding hydrogens is 453 g/mol. The van der Waals surface area contributed by atoms with E-state index in [0.29, 0.717) is 22.9 Å². The van der Waals surface area contributed by atoms with Crippen molar-refractivity contribution in [3.05, 3.63) is 71.7 Å². The minimum absolute atomic E-state index is 0.112. The Morgan fingerprint density at radius 1 is 1.21 bits per heavy atom. The molecule has 2 heterocycles. The second-order valence-electron chi connectivity index (χ2n) is 7.33. The largest absolute Gasteiger partial charge is 0.437 e. The van der Waals surface area contributed by atoms with Gasteiger partial charge in [0.2, 0.25) is 5.88 Å². The minimum atomic E-state index is -3.88. The maximum Gasteiger partial charge on any atom is 0.415 e. The van der Waals surface area contributed by atoms with E-state index in [1.165, 1.54) is 43.4 Å². The van der Waals surface area contributed by atoms with E-state index >= 15 is 0 Å². The molecule has 3 aromatic rings. The number of halogens is 1. The molecule has 0 atom stereocenters. The van der Waals surface area contributed by atoms with Gasteiger partial charge in [0.15, 0.2) is 5.82 Å². The average Bonchev–Trinajstić information content (AvgIpc) is 2.77. The molecule has 172 valence electrons. The van der Waals surface area contributed by atoms with Crippen LogP contribution in [0.1, 0.15) is 11.1 Å². The molecule has 0 unspecified atom stereocenters. The van der Waals surface area contributed by atoms with Gasteiger partial charge in [-0.3, -0.25) is 9.62 Å². The number of nitrogens with one attached hydrogen (secondary N) is 1. The summed E-state index contributed by atoms with van der Waals surface area (Å²) >= 11 is 0. The van der Waals surface area contributed by atoms with E-state index in [1.54, 1.807) is 30.3 Å². The molecule has 2 aromatic carbocycles. The Labute approximate surface area is 189 Å². The third-order valence-corrected chi connectivity index (χ3v) is 6.22. The van der Waals surface area contributed by atoms with E-state index in [4.69, 9.17) is 9.47 Å². The third kappa shape index (κ3) is 5.02. The zero-order chi connectivity index (χ0) is 23.6. The molecule has 0 bridgehead atoms. The number of nitrogens with zero attached hydrogens (tertiary/aromatic N) is 4. The lowest BCUT2D eigenvalue weighted by atomic mass is 10.1. The molecule has 0 spiro atoms. The first-order valence-electron chi connectivity index (χ1n) is 9.76. The first kappa shape index (κ1) is 22.4. The smallest absolute Gasteiger partial charge is 0.415 e. The Hall–Kier alpha value is -3.77. The molecule has 0 aliphatic carbocycles. The Morgan fingerprint density at radius 3 is 2.76 bits per heavy atom. The van der Waals surface area contributed by atoms with Crippen LogP contribution in [-0.4, -0.2) is 48.0 Å². The van der Waals surface area contributed by atoms with Gasteiger partial charge in [0.25, 0.3) is 0 Å². The van der Waals surface area contributed by atoms with E-state index in [0.717, 1.165) is 4.31 Å². The highest BCUT2D eigenvalue weighted by Crippen LogP contribution is 2.33. The van der Waals surface area contributed by atoms with Gasteiger partial charge in [0, 0.05) is 43.6 Å². The van der Waals surface area contributed by atoms with Gasteiger partial charge in [-0.2, -0.15) is 17.8 Å². The molecule has 0 saturated heterocycles. The highest BCUT2D eigenvalue weighted by atomic mass is 32.2. The second kappa shape index (κ2) is 9.00. The quantitative estimate of drug-likeness (QED) is 0.561. The maximum atomic E-state index is 15.0. The van der Waals surface area contributed by atoms with Crippen molar-refractivity contribution in [3.8, 4) is 17.4 Å². The Morgan fingerprint density at radius 2 is 2.03 bits per heavy atom. The van der Waals surface area contributed by atoms with Crippen LogP contribution in [0.2, 0.25) is 0 Å². The third-order valence-electron chi connectivity index (χ3n) is 4.79. The van der Waals surface area contributed by atoms with Gasteiger partial charge < -0.3 is 9.47 Å². The molecule has 0 saturated carbocycles. The van der Waals surface area contributed by atoms with Gasteiger partial charge in [-0.05, 0) is 24.3 Å². The lowest BCUT2D eigenvalue weighted by molar-refractivity contribution is 0.134. The van der Waals surface area contributed by atoms with E-state index in [2.05, 4.69) is 14.9 Å². The normalized spacial score (nSPS) is 13.5. The predicted molar refractivity (Wildman–Crippen MR) is 116 cm³/mol. The summed E-state index contributed by atoms with van der Waals surface area (Å²) in [5.41, 5.74) is 0.626.